The van der Waals surface area contributed by atoms with E-state index in [0.717, 1.165) is 18.9 Å². The molecule has 1 amide bonds. The summed E-state index contributed by atoms with van der Waals surface area (Å²) in [5.74, 6) is 0.756. The molecule has 1 aromatic carbocycles. The van der Waals surface area contributed by atoms with Crippen LogP contribution in [0.4, 0.5) is 17.1 Å². The number of rotatable bonds is 6. The van der Waals surface area contributed by atoms with Crippen LogP contribution in [0, 0.1) is 16.0 Å². The summed E-state index contributed by atoms with van der Waals surface area (Å²) >= 11 is 0. The van der Waals surface area contributed by atoms with Gasteiger partial charge in [-0.25, -0.2) is 0 Å². The van der Waals surface area contributed by atoms with Gasteiger partial charge >= 0.3 is 0 Å². The Morgan fingerprint density at radius 2 is 2.20 bits per heavy atom. The second-order valence-corrected chi connectivity index (χ2v) is 5.52. The zero-order valence-electron chi connectivity index (χ0n) is 11.1. The van der Waals surface area contributed by atoms with E-state index < -0.39 is 4.92 Å². The molecule has 2 N–H and O–H groups in total. The molecule has 3 rings (SSSR count). The lowest BCUT2D eigenvalue weighted by molar-refractivity contribution is -0.384. The number of benzene rings is 1. The van der Waals surface area contributed by atoms with E-state index in [4.69, 9.17) is 0 Å². The molecule has 0 spiro atoms. The molecule has 0 bridgehead atoms. The molecule has 106 valence electrons. The van der Waals surface area contributed by atoms with Crippen molar-refractivity contribution in [3.05, 3.63) is 27.8 Å². The largest absolute Gasteiger partial charge is 0.379 e. The molecule has 1 heterocycles. The molecular formula is C14H17N3O3. The summed E-state index contributed by atoms with van der Waals surface area (Å²) in [4.78, 5) is 22.1. The normalized spacial score (nSPS) is 16.7. The summed E-state index contributed by atoms with van der Waals surface area (Å²) in [6.07, 6.45) is 5.07. The first kappa shape index (κ1) is 12.9. The molecule has 1 aliphatic heterocycles. The molecule has 0 unspecified atom stereocenters. The van der Waals surface area contributed by atoms with E-state index in [2.05, 4.69) is 10.6 Å². The van der Waals surface area contributed by atoms with Crippen molar-refractivity contribution >= 4 is 23.0 Å². The quantitative estimate of drug-likeness (QED) is 0.475. The Kier molecular flexibility index (Phi) is 3.30. The summed E-state index contributed by atoms with van der Waals surface area (Å²) in [6, 6.07) is 3.17. The van der Waals surface area contributed by atoms with Gasteiger partial charge in [-0.2, -0.15) is 0 Å². The van der Waals surface area contributed by atoms with Crippen LogP contribution in [0.5, 0.6) is 0 Å². The van der Waals surface area contributed by atoms with Gasteiger partial charge in [0.2, 0.25) is 5.91 Å². The predicted molar refractivity (Wildman–Crippen MR) is 75.9 cm³/mol. The van der Waals surface area contributed by atoms with Gasteiger partial charge in [-0.15, -0.1) is 0 Å². The first-order valence-corrected chi connectivity index (χ1v) is 6.98. The van der Waals surface area contributed by atoms with Crippen LogP contribution in [0.3, 0.4) is 0 Å². The highest BCUT2D eigenvalue weighted by Crippen LogP contribution is 2.35. The average Bonchev–Trinajstić information content (AvgIpc) is 3.14. The van der Waals surface area contributed by atoms with Gasteiger partial charge < -0.3 is 10.6 Å². The van der Waals surface area contributed by atoms with Crippen LogP contribution in [0.15, 0.2) is 12.1 Å². The Labute approximate surface area is 116 Å². The summed E-state index contributed by atoms with van der Waals surface area (Å²) < 4.78 is 0. The van der Waals surface area contributed by atoms with Crippen LogP contribution >= 0.6 is 0 Å². The van der Waals surface area contributed by atoms with E-state index >= 15 is 0 Å². The third kappa shape index (κ3) is 2.74. The van der Waals surface area contributed by atoms with Crippen molar-refractivity contribution in [3.8, 4) is 0 Å². The first-order valence-electron chi connectivity index (χ1n) is 6.98. The van der Waals surface area contributed by atoms with E-state index in [1.54, 1.807) is 6.07 Å². The summed E-state index contributed by atoms with van der Waals surface area (Å²) in [5, 5.41) is 17.0. The van der Waals surface area contributed by atoms with Crippen molar-refractivity contribution in [2.24, 2.45) is 5.92 Å². The molecule has 6 nitrogen and oxygen atoms in total. The smallest absolute Gasteiger partial charge is 0.292 e. The number of anilines is 2. The zero-order valence-corrected chi connectivity index (χ0v) is 11.1. The third-order valence-electron chi connectivity index (χ3n) is 3.84. The van der Waals surface area contributed by atoms with Gasteiger partial charge in [0.15, 0.2) is 0 Å². The molecule has 0 radical (unpaired) electrons. The minimum atomic E-state index is -0.397. The van der Waals surface area contributed by atoms with Gasteiger partial charge in [0.1, 0.15) is 5.69 Å². The summed E-state index contributed by atoms with van der Waals surface area (Å²) in [5.41, 5.74) is 1.92. The summed E-state index contributed by atoms with van der Waals surface area (Å²) in [6.45, 7) is 0.726. The number of nitrogens with one attached hydrogen (secondary N) is 2. The molecule has 1 fully saturated rings. The fourth-order valence-corrected chi connectivity index (χ4v) is 2.57. The van der Waals surface area contributed by atoms with Crippen LogP contribution < -0.4 is 10.6 Å². The summed E-state index contributed by atoms with van der Waals surface area (Å²) in [7, 11) is 0. The average molecular weight is 275 g/mol. The highest BCUT2D eigenvalue weighted by atomic mass is 16.6. The molecule has 20 heavy (non-hydrogen) atoms. The SMILES string of the molecule is O=C1Cc2cc([N+](=O)[O-])c(NCCCC3CC3)cc2N1. The van der Waals surface area contributed by atoms with Crippen LogP contribution in [-0.2, 0) is 11.2 Å². The molecule has 0 saturated heterocycles. The van der Waals surface area contributed by atoms with Crippen molar-refractivity contribution in [1.82, 2.24) is 0 Å². The fourth-order valence-electron chi connectivity index (χ4n) is 2.57. The van der Waals surface area contributed by atoms with Crippen LogP contribution in [0.2, 0.25) is 0 Å². The Balaban J connectivity index is 1.72. The van der Waals surface area contributed by atoms with Gasteiger partial charge in [-0.05, 0) is 30.4 Å². The minimum Gasteiger partial charge on any atom is -0.379 e. The monoisotopic (exact) mass is 275 g/mol. The highest BCUT2D eigenvalue weighted by Gasteiger charge is 2.24. The number of nitro groups is 1. The van der Waals surface area contributed by atoms with Crippen LogP contribution in [-0.4, -0.2) is 17.4 Å². The lowest BCUT2D eigenvalue weighted by atomic mass is 10.1. The molecule has 1 saturated carbocycles. The van der Waals surface area contributed by atoms with Crippen LogP contribution in [0.1, 0.15) is 31.2 Å². The van der Waals surface area contributed by atoms with E-state index in [-0.39, 0.29) is 18.0 Å². The minimum absolute atomic E-state index is 0.0478. The Morgan fingerprint density at radius 1 is 1.40 bits per heavy atom. The zero-order chi connectivity index (χ0) is 14.1. The first-order chi connectivity index (χ1) is 9.63. The van der Waals surface area contributed by atoms with Crippen molar-refractivity contribution in [3.63, 3.8) is 0 Å². The standard InChI is InChI=1S/C14H17N3O3/c18-14-7-10-6-13(17(19)20)12(8-11(10)16-14)15-5-1-2-9-3-4-9/h6,8-9,15H,1-5,7H2,(H,16,18). The molecule has 0 atom stereocenters. The van der Waals surface area contributed by atoms with E-state index in [1.807, 2.05) is 0 Å². The molecule has 1 aromatic rings. The van der Waals surface area contributed by atoms with Crippen molar-refractivity contribution in [2.45, 2.75) is 32.1 Å². The van der Waals surface area contributed by atoms with Crippen LogP contribution in [0.25, 0.3) is 0 Å². The van der Waals surface area contributed by atoms with Crippen molar-refractivity contribution < 1.29 is 9.72 Å². The number of hydrogen-bond acceptors (Lipinski definition) is 4. The molecule has 6 heteroatoms. The fraction of sp³-hybridized carbons (Fsp3) is 0.500. The maximum Gasteiger partial charge on any atom is 0.292 e. The van der Waals surface area contributed by atoms with E-state index in [1.165, 1.54) is 25.3 Å². The number of fused-ring (bicyclic) bond motifs is 1. The molecule has 2 aliphatic rings. The topological polar surface area (TPSA) is 84.3 Å². The second kappa shape index (κ2) is 5.11. The number of amides is 1. The predicted octanol–water partition coefficient (Wildman–Crippen LogP) is 2.69. The van der Waals surface area contributed by atoms with Gasteiger partial charge in [0.25, 0.3) is 5.69 Å². The molecule has 1 aliphatic carbocycles. The third-order valence-corrected chi connectivity index (χ3v) is 3.84. The van der Waals surface area contributed by atoms with Crippen molar-refractivity contribution in [2.75, 3.05) is 17.2 Å². The number of carbonyl (C=O) groups is 1. The van der Waals surface area contributed by atoms with Gasteiger partial charge in [0, 0.05) is 18.3 Å². The Hall–Kier alpha value is -2.11. The second-order valence-electron chi connectivity index (χ2n) is 5.52. The lowest BCUT2D eigenvalue weighted by Crippen LogP contribution is -2.06. The van der Waals surface area contributed by atoms with Gasteiger partial charge in [-0.3, -0.25) is 14.9 Å². The number of hydrogen-bond donors (Lipinski definition) is 2. The molecular weight excluding hydrogens is 258 g/mol. The maximum absolute atomic E-state index is 11.3. The van der Waals surface area contributed by atoms with Gasteiger partial charge in [-0.1, -0.05) is 12.8 Å². The Morgan fingerprint density at radius 3 is 2.90 bits per heavy atom. The Bertz CT molecular complexity index is 567. The lowest BCUT2D eigenvalue weighted by Gasteiger charge is -2.09. The highest BCUT2D eigenvalue weighted by molar-refractivity contribution is 6.00. The van der Waals surface area contributed by atoms with E-state index in [9.17, 15) is 14.9 Å². The van der Waals surface area contributed by atoms with E-state index in [0.29, 0.717) is 16.9 Å². The maximum atomic E-state index is 11.3. The van der Waals surface area contributed by atoms with Crippen molar-refractivity contribution in [1.29, 1.82) is 0 Å². The number of nitro benzene ring substituents is 1. The number of carbonyl (C=O) groups excluding carboxylic acids is 1. The molecule has 0 aromatic heterocycles. The van der Waals surface area contributed by atoms with Gasteiger partial charge in [0.05, 0.1) is 11.3 Å². The number of nitrogens with zero attached hydrogens (tertiary/aromatic N) is 1.